The van der Waals surface area contributed by atoms with Gasteiger partial charge < -0.3 is 10.3 Å². The van der Waals surface area contributed by atoms with E-state index in [2.05, 4.69) is 29.1 Å². The van der Waals surface area contributed by atoms with Crippen molar-refractivity contribution < 1.29 is 4.21 Å². The van der Waals surface area contributed by atoms with E-state index in [0.717, 1.165) is 28.8 Å². The minimum absolute atomic E-state index is 0.446. The highest BCUT2D eigenvalue weighted by Gasteiger charge is 2.12. The number of hydrogen-bond acceptors (Lipinski definition) is 3. The lowest BCUT2D eigenvalue weighted by Crippen LogP contribution is -2.10. The monoisotopic (exact) mass is 327 g/mol. The standard InChI is InChI=1S/C18H21N3OS/c1-13(2)11-19-15-8-4-3-7-14(15)12-23(22)18-20-16-9-5-6-10-17(16)21-18/h3-10,13,19H,11-12H2,1-2H3,(H,20,21). The van der Waals surface area contributed by atoms with Crippen LogP contribution in [0.5, 0.6) is 0 Å². The van der Waals surface area contributed by atoms with Gasteiger partial charge in [0, 0.05) is 12.2 Å². The van der Waals surface area contributed by atoms with Crippen LogP contribution < -0.4 is 5.32 Å². The molecule has 23 heavy (non-hydrogen) atoms. The maximum atomic E-state index is 12.7. The van der Waals surface area contributed by atoms with Crippen molar-refractivity contribution >= 4 is 27.5 Å². The Bertz CT molecular complexity index is 793. The van der Waals surface area contributed by atoms with Gasteiger partial charge in [0.2, 0.25) is 0 Å². The largest absolute Gasteiger partial charge is 0.385 e. The summed E-state index contributed by atoms with van der Waals surface area (Å²) in [6.07, 6.45) is 0. The van der Waals surface area contributed by atoms with Gasteiger partial charge in [-0.3, -0.25) is 4.21 Å². The van der Waals surface area contributed by atoms with E-state index in [1.54, 1.807) is 0 Å². The maximum absolute atomic E-state index is 12.7. The zero-order chi connectivity index (χ0) is 16.2. The van der Waals surface area contributed by atoms with Crippen LogP contribution in [-0.2, 0) is 16.6 Å². The van der Waals surface area contributed by atoms with Gasteiger partial charge in [-0.1, -0.05) is 44.2 Å². The van der Waals surface area contributed by atoms with Gasteiger partial charge in [-0.15, -0.1) is 0 Å². The van der Waals surface area contributed by atoms with Gasteiger partial charge in [-0.05, 0) is 29.7 Å². The lowest BCUT2D eigenvalue weighted by Gasteiger charge is -2.13. The second kappa shape index (κ2) is 6.96. The van der Waals surface area contributed by atoms with Crippen LogP contribution in [0.1, 0.15) is 19.4 Å². The molecule has 0 aliphatic carbocycles. The van der Waals surface area contributed by atoms with E-state index in [1.807, 2.05) is 48.5 Å². The van der Waals surface area contributed by atoms with E-state index >= 15 is 0 Å². The van der Waals surface area contributed by atoms with E-state index in [9.17, 15) is 4.21 Å². The first-order chi connectivity index (χ1) is 11.1. The first-order valence-corrected chi connectivity index (χ1v) is 9.10. The summed E-state index contributed by atoms with van der Waals surface area (Å²) in [5.41, 5.74) is 3.86. The molecule has 0 bridgehead atoms. The van der Waals surface area contributed by atoms with Crippen LogP contribution in [0.4, 0.5) is 5.69 Å². The summed E-state index contributed by atoms with van der Waals surface area (Å²) in [6.45, 7) is 5.23. The summed E-state index contributed by atoms with van der Waals surface area (Å²) in [5.74, 6) is 1.00. The SMILES string of the molecule is CC(C)CNc1ccccc1CS(=O)c1nc2ccccc2[nH]1. The molecule has 1 atom stereocenters. The average molecular weight is 327 g/mol. The molecule has 0 radical (unpaired) electrons. The van der Waals surface area contributed by atoms with E-state index in [1.165, 1.54) is 0 Å². The molecule has 0 amide bonds. The Morgan fingerprint density at radius 2 is 1.87 bits per heavy atom. The number of aromatic amines is 1. The number of nitrogens with one attached hydrogen (secondary N) is 2. The van der Waals surface area contributed by atoms with Crippen LogP contribution in [-0.4, -0.2) is 20.7 Å². The molecule has 0 saturated carbocycles. The van der Waals surface area contributed by atoms with Gasteiger partial charge in [-0.2, -0.15) is 0 Å². The number of hydrogen-bond donors (Lipinski definition) is 2. The van der Waals surface area contributed by atoms with Gasteiger partial charge >= 0.3 is 0 Å². The maximum Gasteiger partial charge on any atom is 0.197 e. The highest BCUT2D eigenvalue weighted by Crippen LogP contribution is 2.20. The van der Waals surface area contributed by atoms with Crippen molar-refractivity contribution in [1.29, 1.82) is 0 Å². The Balaban J connectivity index is 1.79. The molecule has 0 spiro atoms. The summed E-state index contributed by atoms with van der Waals surface area (Å²) < 4.78 is 12.7. The molecule has 1 aromatic heterocycles. The van der Waals surface area contributed by atoms with Crippen molar-refractivity contribution in [1.82, 2.24) is 9.97 Å². The van der Waals surface area contributed by atoms with E-state index in [0.29, 0.717) is 16.8 Å². The molecular weight excluding hydrogens is 306 g/mol. The van der Waals surface area contributed by atoms with Crippen LogP contribution in [0.15, 0.2) is 53.7 Å². The summed E-state index contributed by atoms with van der Waals surface area (Å²) in [4.78, 5) is 7.59. The van der Waals surface area contributed by atoms with Crippen molar-refractivity contribution in [2.45, 2.75) is 24.8 Å². The van der Waals surface area contributed by atoms with Crippen molar-refractivity contribution in [2.75, 3.05) is 11.9 Å². The fourth-order valence-corrected chi connectivity index (χ4v) is 3.47. The normalized spacial score (nSPS) is 12.7. The predicted octanol–water partition coefficient (Wildman–Crippen LogP) is 3.94. The van der Waals surface area contributed by atoms with E-state index in [4.69, 9.17) is 0 Å². The topological polar surface area (TPSA) is 57.8 Å². The van der Waals surface area contributed by atoms with Crippen LogP contribution in [0.3, 0.4) is 0 Å². The number of para-hydroxylation sites is 3. The smallest absolute Gasteiger partial charge is 0.197 e. The first kappa shape index (κ1) is 15.7. The Hall–Kier alpha value is -2.14. The molecule has 4 nitrogen and oxygen atoms in total. The van der Waals surface area contributed by atoms with Crippen LogP contribution >= 0.6 is 0 Å². The zero-order valence-corrected chi connectivity index (χ0v) is 14.2. The fourth-order valence-electron chi connectivity index (χ4n) is 2.38. The number of fused-ring (bicyclic) bond motifs is 1. The molecule has 0 aliphatic rings. The van der Waals surface area contributed by atoms with E-state index in [-0.39, 0.29) is 0 Å². The number of anilines is 1. The van der Waals surface area contributed by atoms with Crippen molar-refractivity contribution in [3.05, 3.63) is 54.1 Å². The Morgan fingerprint density at radius 3 is 2.65 bits per heavy atom. The molecule has 1 heterocycles. The molecular formula is C18H21N3OS. The Morgan fingerprint density at radius 1 is 1.13 bits per heavy atom. The number of benzene rings is 2. The van der Waals surface area contributed by atoms with Gasteiger partial charge in [0.25, 0.3) is 0 Å². The third-order valence-electron chi connectivity index (χ3n) is 3.59. The van der Waals surface area contributed by atoms with Gasteiger partial charge in [0.1, 0.15) is 0 Å². The number of rotatable bonds is 6. The van der Waals surface area contributed by atoms with E-state index < -0.39 is 10.8 Å². The molecule has 3 rings (SSSR count). The first-order valence-electron chi connectivity index (χ1n) is 7.78. The summed E-state index contributed by atoms with van der Waals surface area (Å²) in [6, 6.07) is 15.8. The Labute approximate surface area is 138 Å². The predicted molar refractivity (Wildman–Crippen MR) is 96.0 cm³/mol. The second-order valence-corrected chi connectivity index (χ2v) is 7.35. The Kier molecular flexibility index (Phi) is 4.76. The zero-order valence-electron chi connectivity index (χ0n) is 13.4. The molecule has 2 N–H and O–H groups in total. The molecule has 0 saturated heterocycles. The van der Waals surface area contributed by atoms with Gasteiger partial charge in [-0.25, -0.2) is 4.98 Å². The lowest BCUT2D eigenvalue weighted by atomic mass is 10.1. The molecule has 5 heteroatoms. The average Bonchev–Trinajstić information content (AvgIpc) is 2.98. The quantitative estimate of drug-likeness (QED) is 0.721. The molecule has 1 unspecified atom stereocenters. The third-order valence-corrected chi connectivity index (χ3v) is 4.79. The van der Waals surface area contributed by atoms with Gasteiger partial charge in [0.05, 0.1) is 27.6 Å². The molecule has 120 valence electrons. The van der Waals surface area contributed by atoms with Crippen molar-refractivity contribution in [2.24, 2.45) is 5.92 Å². The van der Waals surface area contributed by atoms with Crippen LogP contribution in [0.25, 0.3) is 11.0 Å². The third kappa shape index (κ3) is 3.79. The fraction of sp³-hybridized carbons (Fsp3) is 0.278. The second-order valence-electron chi connectivity index (χ2n) is 5.98. The molecule has 0 fully saturated rings. The highest BCUT2D eigenvalue weighted by molar-refractivity contribution is 7.84. The van der Waals surface area contributed by atoms with Crippen molar-refractivity contribution in [3.63, 3.8) is 0 Å². The highest BCUT2D eigenvalue weighted by atomic mass is 32.2. The summed E-state index contributed by atoms with van der Waals surface area (Å²) >= 11 is 0. The van der Waals surface area contributed by atoms with Crippen LogP contribution in [0, 0.1) is 5.92 Å². The number of H-pyrrole nitrogens is 1. The van der Waals surface area contributed by atoms with Crippen molar-refractivity contribution in [3.8, 4) is 0 Å². The lowest BCUT2D eigenvalue weighted by molar-refractivity contribution is 0.677. The minimum atomic E-state index is -1.20. The molecule has 0 aliphatic heterocycles. The number of aromatic nitrogens is 2. The molecule has 3 aromatic rings. The number of imidazole rings is 1. The van der Waals surface area contributed by atoms with Crippen LogP contribution in [0.2, 0.25) is 0 Å². The number of nitrogens with zero attached hydrogens (tertiary/aromatic N) is 1. The summed E-state index contributed by atoms with van der Waals surface area (Å²) in [5, 5.41) is 3.96. The van der Waals surface area contributed by atoms with Gasteiger partial charge in [0.15, 0.2) is 5.16 Å². The summed E-state index contributed by atoms with van der Waals surface area (Å²) in [7, 11) is -1.20. The molecule has 2 aromatic carbocycles. The minimum Gasteiger partial charge on any atom is -0.385 e.